The molecule has 93 heavy (non-hydrogen) atoms. The summed E-state index contributed by atoms with van der Waals surface area (Å²) in [6, 6.07) is 33.2. The van der Waals surface area contributed by atoms with Gasteiger partial charge in [-0.05, 0) is 139 Å². The third kappa shape index (κ3) is 27.6. The van der Waals surface area contributed by atoms with Crippen molar-refractivity contribution in [3.63, 3.8) is 0 Å². The molecule has 4 aromatic carbocycles. The number of hydrogen-bond acceptors (Lipinski definition) is 22. The number of aliphatic hydroxyl groups excluding tert-OH is 2. The molecular formula is C64H80Cl4N6Na2O16S. The van der Waals surface area contributed by atoms with Gasteiger partial charge in [-0.15, -0.1) is 0 Å². The molecule has 2 aromatic heterocycles. The van der Waals surface area contributed by atoms with E-state index in [2.05, 4.69) is 51.2 Å². The van der Waals surface area contributed by atoms with E-state index < -0.39 is 51.1 Å². The number of nitrogens with zero attached hydrogens (tertiary/aromatic N) is 5. The minimum Gasteiger partial charge on any atom is -1.00 e. The predicted octanol–water partition coefficient (Wildman–Crippen LogP) is 2.78. The first-order chi connectivity index (χ1) is 42.8. The van der Waals surface area contributed by atoms with Gasteiger partial charge < -0.3 is 66.1 Å². The molecule has 29 heteroatoms. The Balaban J connectivity index is 0.000000488. The molecule has 2 fully saturated rings. The smallest absolute Gasteiger partial charge is 1.00 e. The normalized spacial score (nSPS) is 16.2. The summed E-state index contributed by atoms with van der Waals surface area (Å²) in [4.78, 5) is 50.6. The quantitative estimate of drug-likeness (QED) is 0.0183. The van der Waals surface area contributed by atoms with E-state index in [9.17, 15) is 28.2 Å². The summed E-state index contributed by atoms with van der Waals surface area (Å²) in [6.07, 6.45) is 3.60. The van der Waals surface area contributed by atoms with Crippen LogP contribution >= 0.6 is 46.4 Å². The largest absolute Gasteiger partial charge is 1.00 e. The molecule has 498 valence electrons. The number of carbonyl (C=O) groups is 3. The summed E-state index contributed by atoms with van der Waals surface area (Å²) in [6.45, 7) is 18.4. The van der Waals surface area contributed by atoms with Crippen molar-refractivity contribution in [2.24, 2.45) is 0 Å². The molecule has 0 bridgehead atoms. The van der Waals surface area contributed by atoms with Gasteiger partial charge in [0.25, 0.3) is 16.6 Å². The fraction of sp³-hybridized carbons (Fsp3) is 0.422. The number of hydrogen-bond donors (Lipinski definition) is 5. The molecule has 0 amide bonds. The van der Waals surface area contributed by atoms with Crippen molar-refractivity contribution in [2.45, 2.75) is 89.9 Å². The fourth-order valence-electron chi connectivity index (χ4n) is 9.32. The summed E-state index contributed by atoms with van der Waals surface area (Å²) in [7, 11) is -3.67. The number of rotatable bonds is 20. The molecule has 0 unspecified atom stereocenters. The van der Waals surface area contributed by atoms with Crippen LogP contribution in [-0.2, 0) is 44.7 Å². The van der Waals surface area contributed by atoms with Crippen LogP contribution in [0.3, 0.4) is 0 Å². The molecule has 22 nitrogen and oxygen atoms in total. The molecule has 2 aliphatic heterocycles. The van der Waals surface area contributed by atoms with Crippen LogP contribution in [0.1, 0.15) is 112 Å². The molecule has 6 aromatic rings. The van der Waals surface area contributed by atoms with Crippen molar-refractivity contribution in [1.82, 2.24) is 20.2 Å². The van der Waals surface area contributed by atoms with E-state index in [1.165, 1.54) is 37.0 Å². The van der Waals surface area contributed by atoms with E-state index in [1.54, 1.807) is 52.0 Å². The van der Waals surface area contributed by atoms with Crippen molar-refractivity contribution in [1.29, 1.82) is 0 Å². The molecule has 0 aliphatic carbocycles. The Morgan fingerprint density at radius 3 is 1.47 bits per heavy atom. The minimum atomic E-state index is -3.67. The Kier molecular flexibility index (Phi) is 34.3. The van der Waals surface area contributed by atoms with Crippen LogP contribution in [0.4, 0.5) is 11.4 Å². The van der Waals surface area contributed by atoms with Crippen molar-refractivity contribution >= 4 is 86.3 Å². The standard InChI is InChI=1S/C31H37Cl2N3O5.C18H20Cl2N2O2.C14H21NO6S.CH2O3.2Na.H/c1-30(2,3)41-29(38)22-7-12-28(34-18-22)31(4,39)20-35-13-14-36(27(19-35)21-5-8-23(32)9-6-21)26-11-10-24(17-25(26)33)40-16-15-37;19-14-3-1-13(2-4-14)18-12-21-7-8-22(18)17-6-5-15(11-16(17)20)24-10-9-23;1-13(2,3)21-12(16)10-6-7-11(15-8-10)14(4,17)9-20-22(5,18)19;2-1-4-3;;;/h5-12,17-18,27,37,39H,13-16,19-20H2,1-4H3;1-6,11,18,21,23H,7-10,12H2;6-8,17H,9H2,1-5H3;1,3H;;;/q;;;;2*+1;-1/p-1/t27-,31+;18-;14-;;;;/m001..../s1. The van der Waals surface area contributed by atoms with Crippen molar-refractivity contribution in [2.75, 3.05) is 94.9 Å². The number of aliphatic hydroxyl groups is 4. The molecular weight excluding hydrogens is 1330 g/mol. The van der Waals surface area contributed by atoms with Gasteiger partial charge in [-0.2, -0.15) is 8.42 Å². The van der Waals surface area contributed by atoms with Gasteiger partial charge in [0, 0.05) is 80.4 Å². The first-order valence-corrected chi connectivity index (χ1v) is 32.0. The maximum absolute atomic E-state index is 12.4. The van der Waals surface area contributed by atoms with Gasteiger partial charge in [0.15, 0.2) is 0 Å². The average molecular weight is 1410 g/mol. The minimum absolute atomic E-state index is 0. The Morgan fingerprint density at radius 1 is 0.656 bits per heavy atom. The number of anilines is 2. The van der Waals surface area contributed by atoms with Crippen LogP contribution in [0.5, 0.6) is 11.5 Å². The molecule has 2 saturated heterocycles. The summed E-state index contributed by atoms with van der Waals surface area (Å²) < 4.78 is 48.1. The van der Waals surface area contributed by atoms with Crippen LogP contribution < -0.4 is 89.0 Å². The van der Waals surface area contributed by atoms with E-state index in [-0.39, 0.29) is 117 Å². The first kappa shape index (κ1) is 82.8. The summed E-state index contributed by atoms with van der Waals surface area (Å²) in [5.74, 6) is 0.273. The Morgan fingerprint density at radius 2 is 1.09 bits per heavy atom. The maximum Gasteiger partial charge on any atom is 1.00 e. The topological polar surface area (TPSA) is 292 Å². The van der Waals surface area contributed by atoms with Gasteiger partial charge in [0.2, 0.25) is 0 Å². The number of aromatic nitrogens is 2. The second kappa shape index (κ2) is 38.5. The second-order valence-corrected chi connectivity index (χ2v) is 26.7. The molecule has 0 spiro atoms. The zero-order valence-electron chi connectivity index (χ0n) is 55.1. The number of piperazine rings is 2. The predicted molar refractivity (Wildman–Crippen MR) is 347 cm³/mol. The van der Waals surface area contributed by atoms with Crippen LogP contribution in [0, 0.1) is 0 Å². The van der Waals surface area contributed by atoms with Crippen LogP contribution in [0.25, 0.3) is 0 Å². The number of nitrogens with one attached hydrogen (secondary N) is 1. The number of halogens is 4. The van der Waals surface area contributed by atoms with E-state index in [1.807, 2.05) is 81.4 Å². The maximum atomic E-state index is 12.4. The molecule has 2 aliphatic rings. The number of β-amino-alcohol motifs (C(OH)–C–C–N with tert-alkyl or cyclic N) is 1. The second-order valence-electron chi connectivity index (χ2n) is 23.4. The number of esters is 2. The van der Waals surface area contributed by atoms with E-state index >= 15 is 0 Å². The zero-order valence-corrected chi connectivity index (χ0v) is 61.9. The van der Waals surface area contributed by atoms with E-state index in [0.717, 1.165) is 47.9 Å². The van der Waals surface area contributed by atoms with Gasteiger partial charge in [0.1, 0.15) is 53.7 Å². The third-order valence-electron chi connectivity index (χ3n) is 13.4. The Bertz CT molecular complexity index is 3420. The van der Waals surface area contributed by atoms with E-state index in [4.69, 9.17) is 85.6 Å². The van der Waals surface area contributed by atoms with Crippen LogP contribution in [-0.4, -0.2) is 158 Å². The van der Waals surface area contributed by atoms with Crippen LogP contribution in [0.2, 0.25) is 20.1 Å². The number of benzene rings is 4. The van der Waals surface area contributed by atoms with Gasteiger partial charge in [-0.1, -0.05) is 70.7 Å². The van der Waals surface area contributed by atoms with Gasteiger partial charge in [0.05, 0.1) is 75.5 Å². The van der Waals surface area contributed by atoms with Crippen molar-refractivity contribution < 1.29 is 137 Å². The molecule has 0 saturated carbocycles. The average Bonchev–Trinajstić information content (AvgIpc) is 0.798. The van der Waals surface area contributed by atoms with Crippen molar-refractivity contribution in [3.8, 4) is 11.5 Å². The zero-order chi connectivity index (χ0) is 67.3. The SMILES string of the molecule is CC(C)(C)OC(=O)c1ccc([C@](C)(O)CN2CCN(c3ccc(OCCO)cc3Cl)[C@H](c3ccc(Cl)cc3)C2)nc1.CC(C)(C)OC(=O)c1ccc([C@](C)(O)COS(C)(=O)=O)nc1.O=CO[O-].OCCOc1ccc(N2CCNC[C@H]2c2ccc(Cl)cc2)c(Cl)c1.[H-].[Na+].[Na+]. The Labute approximate surface area is 609 Å². The third-order valence-corrected chi connectivity index (χ3v) is 15.1. The number of carbonyl (C=O) groups excluding carboxylic acids is 3. The van der Waals surface area contributed by atoms with Gasteiger partial charge in [-0.3, -0.25) is 23.8 Å². The first-order valence-electron chi connectivity index (χ1n) is 28.7. The monoisotopic (exact) mass is 1410 g/mol. The summed E-state index contributed by atoms with van der Waals surface area (Å²) >= 11 is 25.4. The number of ether oxygens (including phenoxy) is 4. The summed E-state index contributed by atoms with van der Waals surface area (Å²) in [5, 5.41) is 54.0. The molecule has 4 heterocycles. The van der Waals surface area contributed by atoms with Gasteiger partial charge >= 0.3 is 71.1 Å². The molecule has 8 rings (SSSR count). The van der Waals surface area contributed by atoms with E-state index in [0.29, 0.717) is 64.0 Å². The molecule has 0 radical (unpaired) electrons. The molecule has 4 atom stereocenters. The Hall–Kier alpha value is -4.42. The fourth-order valence-corrected chi connectivity index (χ4v) is 10.6. The van der Waals surface area contributed by atoms with Crippen LogP contribution in [0.15, 0.2) is 122 Å². The molecule has 5 N–H and O–H groups in total. The number of pyridine rings is 2. The summed E-state index contributed by atoms with van der Waals surface area (Å²) in [5.41, 5.74) is 1.24. The van der Waals surface area contributed by atoms with Gasteiger partial charge in [-0.25, -0.2) is 9.59 Å². The van der Waals surface area contributed by atoms with Crippen molar-refractivity contribution in [3.05, 3.63) is 175 Å².